The van der Waals surface area contributed by atoms with Gasteiger partial charge >= 0.3 is 0 Å². The van der Waals surface area contributed by atoms with Crippen LogP contribution in [0.4, 0.5) is 5.69 Å². The number of carbonyl (C=O) groups excluding carboxylic acids is 1. The van der Waals surface area contributed by atoms with E-state index in [2.05, 4.69) is 0 Å². The summed E-state index contributed by atoms with van der Waals surface area (Å²) in [6.07, 6.45) is 0.840. The van der Waals surface area contributed by atoms with Crippen LogP contribution in [-0.4, -0.2) is 33.5 Å². The van der Waals surface area contributed by atoms with Crippen LogP contribution in [0.3, 0.4) is 0 Å². The number of ether oxygens (including phenoxy) is 4. The topological polar surface area (TPSA) is 57.2 Å². The average molecular weight is 393 g/mol. The van der Waals surface area contributed by atoms with Crippen molar-refractivity contribution in [3.05, 3.63) is 42.5 Å². The number of methoxy groups -OCH3 is 1. The van der Waals surface area contributed by atoms with Gasteiger partial charge in [-0.05, 0) is 49.1 Å². The van der Waals surface area contributed by atoms with Gasteiger partial charge in [-0.2, -0.15) is 0 Å². The molecule has 150 valence electrons. The third-order valence-corrected chi connectivity index (χ3v) is 4.83. The van der Waals surface area contributed by atoms with E-state index in [1.165, 1.54) is 0 Å². The van der Waals surface area contributed by atoms with Crippen molar-refractivity contribution in [2.24, 2.45) is 0 Å². The van der Waals surface area contributed by atoms with Crippen LogP contribution in [0.15, 0.2) is 42.5 Å². The first kappa shape index (κ1) is 18.9. The van der Waals surface area contributed by atoms with E-state index in [1.807, 2.05) is 56.3 Å². The Morgan fingerprint density at radius 1 is 1.03 bits per heavy atom. The fourth-order valence-corrected chi connectivity index (χ4v) is 3.55. The van der Waals surface area contributed by atoms with Gasteiger partial charge in [0, 0.05) is 18.0 Å². The molecule has 3 aromatic rings. The third kappa shape index (κ3) is 3.42. The molecule has 0 saturated carbocycles. The van der Waals surface area contributed by atoms with Crippen molar-refractivity contribution in [3.8, 4) is 34.1 Å². The van der Waals surface area contributed by atoms with E-state index >= 15 is 0 Å². The molecule has 1 aliphatic heterocycles. The van der Waals surface area contributed by atoms with E-state index in [9.17, 15) is 4.79 Å². The molecule has 0 aromatic heterocycles. The van der Waals surface area contributed by atoms with Crippen LogP contribution in [0.2, 0.25) is 0 Å². The summed E-state index contributed by atoms with van der Waals surface area (Å²) in [5.74, 6) is 2.71. The molecule has 0 spiro atoms. The highest BCUT2D eigenvalue weighted by Crippen LogP contribution is 2.44. The number of hydrogen-bond acceptors (Lipinski definition) is 5. The second kappa shape index (κ2) is 7.54. The van der Waals surface area contributed by atoms with Gasteiger partial charge in [-0.15, -0.1) is 0 Å². The fourth-order valence-electron chi connectivity index (χ4n) is 3.55. The van der Waals surface area contributed by atoms with Gasteiger partial charge in [-0.25, -0.2) is 0 Å². The largest absolute Gasteiger partial charge is 0.493 e. The minimum atomic E-state index is 0.0384. The van der Waals surface area contributed by atoms with Gasteiger partial charge in [0.25, 0.3) is 0 Å². The SMILES string of the molecule is COc1cc(-c2ccc3cc4c(cc3c2N(C)C=O)OCO4)ccc1OC(C)C. The van der Waals surface area contributed by atoms with Gasteiger partial charge in [-0.3, -0.25) is 4.79 Å². The Balaban J connectivity index is 1.91. The Hall–Kier alpha value is -3.41. The second-order valence-corrected chi connectivity index (χ2v) is 7.14. The van der Waals surface area contributed by atoms with Crippen molar-refractivity contribution in [3.63, 3.8) is 0 Å². The molecule has 29 heavy (non-hydrogen) atoms. The fraction of sp³-hybridized carbons (Fsp3) is 0.261. The molecule has 0 N–H and O–H groups in total. The zero-order valence-corrected chi connectivity index (χ0v) is 16.9. The summed E-state index contributed by atoms with van der Waals surface area (Å²) in [5, 5.41) is 1.87. The number of benzene rings is 3. The summed E-state index contributed by atoms with van der Waals surface area (Å²) in [7, 11) is 3.36. The highest BCUT2D eigenvalue weighted by atomic mass is 16.7. The lowest BCUT2D eigenvalue weighted by molar-refractivity contribution is -0.107. The molecule has 6 heteroatoms. The molecular weight excluding hydrogens is 370 g/mol. The number of amides is 1. The van der Waals surface area contributed by atoms with Gasteiger partial charge in [0.1, 0.15) is 0 Å². The molecule has 3 aromatic carbocycles. The zero-order chi connectivity index (χ0) is 20.5. The van der Waals surface area contributed by atoms with Crippen LogP contribution in [0.1, 0.15) is 13.8 Å². The lowest BCUT2D eigenvalue weighted by Crippen LogP contribution is -2.15. The standard InChI is InChI=1S/C23H23NO5/c1-14(2)29-19-8-6-15(9-20(19)26-4)17-7-5-16-10-21-22(28-13-27-21)11-18(16)23(17)24(3)12-25/h5-12,14H,13H2,1-4H3. The van der Waals surface area contributed by atoms with E-state index in [0.29, 0.717) is 23.0 Å². The van der Waals surface area contributed by atoms with E-state index in [4.69, 9.17) is 18.9 Å². The van der Waals surface area contributed by atoms with E-state index in [0.717, 1.165) is 34.0 Å². The number of rotatable bonds is 6. The maximum absolute atomic E-state index is 11.7. The number of anilines is 1. The summed E-state index contributed by atoms with van der Waals surface area (Å²) >= 11 is 0. The summed E-state index contributed by atoms with van der Waals surface area (Å²) in [5.41, 5.74) is 2.61. The molecular formula is C23H23NO5. The summed E-state index contributed by atoms with van der Waals surface area (Å²) < 4.78 is 22.4. The Morgan fingerprint density at radius 2 is 1.79 bits per heavy atom. The Bertz CT molecular complexity index is 1080. The maximum atomic E-state index is 11.7. The van der Waals surface area contributed by atoms with Crippen molar-refractivity contribution in [1.29, 1.82) is 0 Å². The Morgan fingerprint density at radius 3 is 2.48 bits per heavy atom. The van der Waals surface area contributed by atoms with Crippen molar-refractivity contribution < 1.29 is 23.7 Å². The van der Waals surface area contributed by atoms with Gasteiger partial charge in [0.05, 0.1) is 18.9 Å². The van der Waals surface area contributed by atoms with Crippen molar-refractivity contribution in [1.82, 2.24) is 0 Å². The molecule has 0 fully saturated rings. The minimum absolute atomic E-state index is 0.0384. The normalized spacial score (nSPS) is 12.3. The molecule has 0 saturated heterocycles. The number of hydrogen-bond donors (Lipinski definition) is 0. The minimum Gasteiger partial charge on any atom is -0.493 e. The van der Waals surface area contributed by atoms with Crippen LogP contribution < -0.4 is 23.8 Å². The maximum Gasteiger partial charge on any atom is 0.231 e. The van der Waals surface area contributed by atoms with E-state index < -0.39 is 0 Å². The molecule has 0 atom stereocenters. The zero-order valence-electron chi connectivity index (χ0n) is 16.9. The summed E-state index contributed by atoms with van der Waals surface area (Å²) in [4.78, 5) is 13.3. The first-order valence-electron chi connectivity index (χ1n) is 9.41. The third-order valence-electron chi connectivity index (χ3n) is 4.83. The van der Waals surface area contributed by atoms with Crippen molar-refractivity contribution in [2.75, 3.05) is 25.9 Å². The predicted molar refractivity (Wildman–Crippen MR) is 112 cm³/mol. The Kier molecular flexibility index (Phi) is 4.92. The van der Waals surface area contributed by atoms with Gasteiger partial charge in [-0.1, -0.05) is 18.2 Å². The first-order chi connectivity index (χ1) is 14.0. The van der Waals surface area contributed by atoms with Crippen LogP contribution in [0, 0.1) is 0 Å². The quantitative estimate of drug-likeness (QED) is 0.572. The molecule has 1 aliphatic rings. The van der Waals surface area contributed by atoms with Crippen LogP contribution >= 0.6 is 0 Å². The summed E-state index contributed by atoms with van der Waals surface area (Å²) in [6, 6.07) is 13.7. The van der Waals surface area contributed by atoms with Crippen molar-refractivity contribution in [2.45, 2.75) is 20.0 Å². The number of carbonyl (C=O) groups is 1. The lowest BCUT2D eigenvalue weighted by atomic mass is 9.97. The second-order valence-electron chi connectivity index (χ2n) is 7.14. The Labute approximate surface area is 169 Å². The van der Waals surface area contributed by atoms with Crippen molar-refractivity contribution >= 4 is 22.9 Å². The molecule has 0 aliphatic carbocycles. The highest BCUT2D eigenvalue weighted by molar-refractivity contribution is 6.06. The average Bonchev–Trinajstić information content (AvgIpc) is 3.18. The lowest BCUT2D eigenvalue weighted by Gasteiger charge is -2.21. The molecule has 0 bridgehead atoms. The smallest absolute Gasteiger partial charge is 0.231 e. The van der Waals surface area contributed by atoms with Crippen LogP contribution in [0.5, 0.6) is 23.0 Å². The molecule has 4 rings (SSSR count). The van der Waals surface area contributed by atoms with E-state index in [-0.39, 0.29) is 12.9 Å². The van der Waals surface area contributed by atoms with Gasteiger partial charge in [0.15, 0.2) is 23.0 Å². The first-order valence-corrected chi connectivity index (χ1v) is 9.41. The molecule has 1 heterocycles. The van der Waals surface area contributed by atoms with E-state index in [1.54, 1.807) is 19.1 Å². The van der Waals surface area contributed by atoms with Gasteiger partial charge < -0.3 is 23.8 Å². The molecule has 6 nitrogen and oxygen atoms in total. The monoisotopic (exact) mass is 393 g/mol. The number of fused-ring (bicyclic) bond motifs is 2. The van der Waals surface area contributed by atoms with Gasteiger partial charge in [0.2, 0.25) is 13.2 Å². The molecule has 0 unspecified atom stereocenters. The van der Waals surface area contributed by atoms with Crippen LogP contribution in [0.25, 0.3) is 21.9 Å². The molecule has 0 radical (unpaired) electrons. The highest BCUT2D eigenvalue weighted by Gasteiger charge is 2.20. The van der Waals surface area contributed by atoms with Crippen LogP contribution in [-0.2, 0) is 4.79 Å². The predicted octanol–water partition coefficient (Wildman–Crippen LogP) is 4.62. The summed E-state index contributed by atoms with van der Waals surface area (Å²) in [6.45, 7) is 4.14. The number of nitrogens with zero attached hydrogens (tertiary/aromatic N) is 1. The molecule has 1 amide bonds.